The van der Waals surface area contributed by atoms with Crippen molar-refractivity contribution < 1.29 is 9.21 Å². The molecule has 0 fully saturated rings. The minimum Gasteiger partial charge on any atom is -0.467 e. The molecule has 0 saturated carbocycles. The molecule has 3 N–H and O–H groups in total. The lowest BCUT2D eigenvalue weighted by molar-refractivity contribution is -0.120. The lowest BCUT2D eigenvalue weighted by atomic mass is 10.4. The molecule has 0 aliphatic carbocycles. The van der Waals surface area contributed by atoms with Crippen LogP contribution in [0.1, 0.15) is 18.5 Å². The Morgan fingerprint density at radius 3 is 3.05 bits per heavy atom. The van der Waals surface area contributed by atoms with Crippen LogP contribution in [0.15, 0.2) is 28.0 Å². The Morgan fingerprint density at radius 2 is 2.38 bits per heavy atom. The molecule has 2 aromatic rings. The predicted molar refractivity (Wildman–Crippen MR) is 79.7 cm³/mol. The zero-order valence-electron chi connectivity index (χ0n) is 12.1. The molecule has 8 heteroatoms. The van der Waals surface area contributed by atoms with Crippen molar-refractivity contribution in [2.75, 3.05) is 6.54 Å². The summed E-state index contributed by atoms with van der Waals surface area (Å²) in [5.74, 6) is 1.45. The maximum Gasteiger partial charge on any atom is 0.233 e. The van der Waals surface area contributed by atoms with E-state index >= 15 is 0 Å². The van der Waals surface area contributed by atoms with E-state index in [1.807, 2.05) is 24.5 Å². The molecule has 0 aliphatic heterocycles. The molecule has 0 bridgehead atoms. The first-order valence-electron chi connectivity index (χ1n) is 6.68. The topological polar surface area (TPSA) is 99.0 Å². The van der Waals surface area contributed by atoms with E-state index in [0.717, 1.165) is 11.6 Å². The van der Waals surface area contributed by atoms with Crippen LogP contribution in [0.5, 0.6) is 0 Å². The van der Waals surface area contributed by atoms with Gasteiger partial charge in [-0.05, 0) is 26.0 Å². The summed E-state index contributed by atoms with van der Waals surface area (Å²) >= 11 is 1.37. The summed E-state index contributed by atoms with van der Waals surface area (Å²) in [7, 11) is 0. The smallest absolute Gasteiger partial charge is 0.233 e. The summed E-state index contributed by atoms with van der Waals surface area (Å²) in [5.41, 5.74) is 5.57. The van der Waals surface area contributed by atoms with Crippen LogP contribution in [-0.2, 0) is 17.9 Å². The number of aromatic nitrogens is 3. The number of hydrogen-bond acceptors (Lipinski definition) is 6. The Bertz CT molecular complexity index is 581. The highest BCUT2D eigenvalue weighted by Gasteiger charge is 2.18. The number of amides is 1. The van der Waals surface area contributed by atoms with Gasteiger partial charge in [-0.2, -0.15) is 0 Å². The Morgan fingerprint density at radius 1 is 1.57 bits per heavy atom. The second kappa shape index (κ2) is 7.28. The first kappa shape index (κ1) is 15.6. The number of aryl methyl sites for hydroxylation is 1. The van der Waals surface area contributed by atoms with Gasteiger partial charge in [0.15, 0.2) is 5.16 Å². The van der Waals surface area contributed by atoms with Gasteiger partial charge in [-0.3, -0.25) is 4.79 Å². The number of rotatable bonds is 7. The van der Waals surface area contributed by atoms with Crippen LogP contribution in [0.25, 0.3) is 0 Å². The maximum atomic E-state index is 12.1. The van der Waals surface area contributed by atoms with E-state index in [9.17, 15) is 4.79 Å². The summed E-state index contributed by atoms with van der Waals surface area (Å²) in [6, 6.07) is 3.61. The molecular weight excluding hydrogens is 290 g/mol. The molecule has 114 valence electrons. The molecule has 0 aliphatic rings. The molecule has 1 unspecified atom stereocenters. The fourth-order valence-electron chi connectivity index (χ4n) is 1.78. The third-order valence-corrected chi connectivity index (χ3v) is 4.00. The van der Waals surface area contributed by atoms with Gasteiger partial charge in [0.1, 0.15) is 11.6 Å². The molecule has 21 heavy (non-hydrogen) atoms. The largest absolute Gasteiger partial charge is 0.467 e. The molecule has 0 spiro atoms. The number of nitrogens with two attached hydrogens (primary N) is 1. The standard InChI is InChI=1S/C13H19N5O2S/c1-9(12(19)15-8-11-4-3-7-20-11)21-13-17-16-10(2)18(13)6-5-14/h3-4,7,9H,5-6,8,14H2,1-2H3,(H,15,19). The summed E-state index contributed by atoms with van der Waals surface area (Å²) < 4.78 is 7.09. The highest BCUT2D eigenvalue weighted by Crippen LogP contribution is 2.22. The molecule has 0 radical (unpaired) electrons. The van der Waals surface area contributed by atoms with Crippen molar-refractivity contribution in [3.8, 4) is 0 Å². The van der Waals surface area contributed by atoms with E-state index < -0.39 is 0 Å². The van der Waals surface area contributed by atoms with E-state index in [-0.39, 0.29) is 11.2 Å². The molecule has 1 atom stereocenters. The highest BCUT2D eigenvalue weighted by atomic mass is 32.2. The molecule has 2 rings (SSSR count). The number of carbonyl (C=O) groups is 1. The molecule has 2 heterocycles. The third kappa shape index (κ3) is 4.08. The zero-order valence-corrected chi connectivity index (χ0v) is 12.9. The molecular formula is C13H19N5O2S. The number of furan rings is 1. The molecule has 7 nitrogen and oxygen atoms in total. The van der Waals surface area contributed by atoms with Crippen LogP contribution < -0.4 is 11.1 Å². The van der Waals surface area contributed by atoms with Crippen molar-refractivity contribution >= 4 is 17.7 Å². The van der Waals surface area contributed by atoms with Crippen molar-refractivity contribution in [2.45, 2.75) is 37.3 Å². The second-order valence-corrected chi connectivity index (χ2v) is 5.84. The Kier molecular flexibility index (Phi) is 5.40. The first-order chi connectivity index (χ1) is 10.1. The van der Waals surface area contributed by atoms with E-state index in [2.05, 4.69) is 15.5 Å². The van der Waals surface area contributed by atoms with Gasteiger partial charge >= 0.3 is 0 Å². The molecule has 2 aromatic heterocycles. The predicted octanol–water partition coefficient (Wildman–Crippen LogP) is 0.935. The van der Waals surface area contributed by atoms with Gasteiger partial charge in [0.05, 0.1) is 18.1 Å². The Labute approximate surface area is 127 Å². The Balaban J connectivity index is 1.91. The zero-order chi connectivity index (χ0) is 15.2. The van der Waals surface area contributed by atoms with Crippen LogP contribution >= 0.6 is 11.8 Å². The molecule has 0 saturated heterocycles. The second-order valence-electron chi connectivity index (χ2n) is 4.53. The molecule has 0 aromatic carbocycles. The van der Waals surface area contributed by atoms with Crippen molar-refractivity contribution in [3.63, 3.8) is 0 Å². The van der Waals surface area contributed by atoms with Gasteiger partial charge in [0.25, 0.3) is 0 Å². The summed E-state index contributed by atoms with van der Waals surface area (Å²) in [6.45, 7) is 5.23. The van der Waals surface area contributed by atoms with E-state index in [1.54, 1.807) is 12.3 Å². The normalized spacial score (nSPS) is 12.3. The number of nitrogens with zero attached hydrogens (tertiary/aromatic N) is 3. The quantitative estimate of drug-likeness (QED) is 0.738. The highest BCUT2D eigenvalue weighted by molar-refractivity contribution is 8.00. The van der Waals surface area contributed by atoms with Gasteiger partial charge < -0.3 is 20.0 Å². The summed E-state index contributed by atoms with van der Waals surface area (Å²) in [4.78, 5) is 12.1. The van der Waals surface area contributed by atoms with Crippen LogP contribution in [0.3, 0.4) is 0 Å². The van der Waals surface area contributed by atoms with Crippen LogP contribution in [0, 0.1) is 6.92 Å². The fourth-order valence-corrected chi connectivity index (χ4v) is 2.72. The molecule has 1 amide bonds. The number of thioether (sulfide) groups is 1. The summed E-state index contributed by atoms with van der Waals surface area (Å²) in [6.07, 6.45) is 1.58. The summed E-state index contributed by atoms with van der Waals surface area (Å²) in [5, 5.41) is 11.4. The SMILES string of the molecule is Cc1nnc(SC(C)C(=O)NCc2ccco2)n1CCN. The minimum absolute atomic E-state index is 0.0728. The van der Waals surface area contributed by atoms with Gasteiger partial charge in [0, 0.05) is 13.1 Å². The first-order valence-corrected chi connectivity index (χ1v) is 7.56. The van der Waals surface area contributed by atoms with Crippen molar-refractivity contribution in [1.29, 1.82) is 0 Å². The van der Waals surface area contributed by atoms with Crippen LogP contribution in [0.2, 0.25) is 0 Å². The number of carbonyl (C=O) groups excluding carboxylic acids is 1. The number of nitrogens with one attached hydrogen (secondary N) is 1. The van der Waals surface area contributed by atoms with Gasteiger partial charge in [0.2, 0.25) is 5.91 Å². The van der Waals surface area contributed by atoms with E-state index in [4.69, 9.17) is 10.2 Å². The average molecular weight is 309 g/mol. The average Bonchev–Trinajstić information content (AvgIpc) is 3.09. The van der Waals surface area contributed by atoms with Gasteiger partial charge in [-0.25, -0.2) is 0 Å². The van der Waals surface area contributed by atoms with E-state index in [0.29, 0.717) is 24.8 Å². The monoisotopic (exact) mass is 309 g/mol. The lowest BCUT2D eigenvalue weighted by Crippen LogP contribution is -2.30. The van der Waals surface area contributed by atoms with Gasteiger partial charge in [-0.1, -0.05) is 11.8 Å². The number of hydrogen-bond donors (Lipinski definition) is 2. The minimum atomic E-state index is -0.278. The van der Waals surface area contributed by atoms with Crippen LogP contribution in [-0.4, -0.2) is 32.5 Å². The lowest BCUT2D eigenvalue weighted by Gasteiger charge is -2.12. The van der Waals surface area contributed by atoms with Gasteiger partial charge in [-0.15, -0.1) is 10.2 Å². The maximum absolute atomic E-state index is 12.1. The van der Waals surface area contributed by atoms with Crippen molar-refractivity contribution in [2.24, 2.45) is 5.73 Å². The van der Waals surface area contributed by atoms with E-state index in [1.165, 1.54) is 11.8 Å². The van der Waals surface area contributed by atoms with Crippen LogP contribution in [0.4, 0.5) is 0 Å². The fraction of sp³-hybridized carbons (Fsp3) is 0.462. The third-order valence-electron chi connectivity index (χ3n) is 2.92. The Hall–Kier alpha value is -1.80. The van der Waals surface area contributed by atoms with Crippen molar-refractivity contribution in [3.05, 3.63) is 30.0 Å². The van der Waals surface area contributed by atoms with Crippen molar-refractivity contribution in [1.82, 2.24) is 20.1 Å².